The van der Waals surface area contributed by atoms with E-state index in [1.54, 1.807) is 6.08 Å². The smallest absolute Gasteiger partial charge is 0.356 e. The molecule has 0 unspecified atom stereocenters. The number of cyclic esters (lactones) is 1. The number of carbonyl (C=O) groups excluding carboxylic acids is 1. The quantitative estimate of drug-likeness (QED) is 0.479. The normalized spacial score (nSPS) is 17.8. The Hall–Kier alpha value is -1.90. The molecule has 3 nitrogen and oxygen atoms in total. The third-order valence-electron chi connectivity index (χ3n) is 1.59. The van der Waals surface area contributed by atoms with Gasteiger partial charge in [-0.2, -0.15) is 0 Å². The maximum atomic E-state index is 10.6. The van der Waals surface area contributed by atoms with E-state index in [2.05, 4.69) is 4.99 Å². The highest BCUT2D eigenvalue weighted by atomic mass is 16.6. The molecule has 0 spiro atoms. The zero-order valence-corrected chi connectivity index (χ0v) is 6.81. The second kappa shape index (κ2) is 3.23. The number of carbonyl (C=O) groups is 1. The molecule has 1 aliphatic heterocycles. The lowest BCUT2D eigenvalue weighted by atomic mass is 10.2. The highest BCUT2D eigenvalue weighted by Gasteiger charge is 2.10. The van der Waals surface area contributed by atoms with Crippen molar-refractivity contribution in [3.8, 4) is 0 Å². The van der Waals surface area contributed by atoms with Crippen LogP contribution < -0.4 is 0 Å². The van der Waals surface area contributed by atoms with E-state index in [-0.39, 0.29) is 0 Å². The van der Waals surface area contributed by atoms with E-state index in [0.717, 1.165) is 11.8 Å². The van der Waals surface area contributed by atoms with Crippen LogP contribution in [0.4, 0.5) is 0 Å². The van der Waals surface area contributed by atoms with Gasteiger partial charge in [0.05, 0.1) is 0 Å². The fourth-order valence-corrected chi connectivity index (χ4v) is 1.03. The first-order valence-corrected chi connectivity index (χ1v) is 3.87. The molecule has 1 aromatic carbocycles. The summed E-state index contributed by atoms with van der Waals surface area (Å²) in [5.41, 5.74) is 0.962. The average Bonchev–Trinajstić information content (AvgIpc) is 2.53. The lowest BCUT2D eigenvalue weighted by molar-refractivity contribution is -0.129. The summed E-state index contributed by atoms with van der Waals surface area (Å²) in [5.74, 6) is -0.0709. The van der Waals surface area contributed by atoms with E-state index in [1.807, 2.05) is 30.3 Å². The van der Waals surface area contributed by atoms with Crippen LogP contribution >= 0.6 is 0 Å². The Labute approximate surface area is 75.4 Å². The second-order valence-corrected chi connectivity index (χ2v) is 2.57. The largest absolute Gasteiger partial charge is 0.403 e. The first-order chi connectivity index (χ1) is 6.34. The minimum Gasteiger partial charge on any atom is -0.403 e. The Bertz CT molecular complexity index is 379. The summed E-state index contributed by atoms with van der Waals surface area (Å²) in [4.78, 5) is 14.4. The van der Waals surface area contributed by atoms with E-state index < -0.39 is 5.97 Å². The predicted molar refractivity (Wildman–Crippen MR) is 49.0 cm³/mol. The second-order valence-electron chi connectivity index (χ2n) is 2.57. The van der Waals surface area contributed by atoms with Crippen molar-refractivity contribution in [3.05, 3.63) is 41.8 Å². The molecule has 0 aromatic heterocycles. The van der Waals surface area contributed by atoms with E-state index in [9.17, 15) is 4.79 Å². The average molecular weight is 174 g/mol. The van der Waals surface area contributed by atoms with Gasteiger partial charge in [-0.1, -0.05) is 30.3 Å². The highest BCUT2D eigenvalue weighted by Crippen LogP contribution is 2.11. The number of ether oxygens (including phenoxy) is 1. The lowest BCUT2D eigenvalue weighted by Crippen LogP contribution is -1.94. The van der Waals surface area contributed by atoms with Gasteiger partial charge in [-0.15, -0.1) is 0 Å². The van der Waals surface area contributed by atoms with Crippen molar-refractivity contribution in [1.29, 1.82) is 0 Å². The van der Waals surface area contributed by atoms with Gasteiger partial charge in [-0.3, -0.25) is 0 Å². The molecule has 0 saturated carbocycles. The fraction of sp³-hybridized carbons (Fsp3) is 0. The number of benzene rings is 1. The maximum Gasteiger partial charge on any atom is 0.356 e. The Kier molecular flexibility index (Phi) is 1.92. The van der Waals surface area contributed by atoms with Gasteiger partial charge in [-0.25, -0.2) is 9.79 Å². The van der Waals surface area contributed by atoms with Gasteiger partial charge < -0.3 is 4.74 Å². The minimum atomic E-state index is -0.415. The zero-order valence-electron chi connectivity index (χ0n) is 6.81. The molecule has 0 radical (unpaired) electrons. The Balaban J connectivity index is 2.23. The molecule has 0 bridgehead atoms. The van der Waals surface area contributed by atoms with Gasteiger partial charge in [0, 0.05) is 6.08 Å². The van der Waals surface area contributed by atoms with Crippen molar-refractivity contribution < 1.29 is 9.53 Å². The van der Waals surface area contributed by atoms with Crippen molar-refractivity contribution in [3.63, 3.8) is 0 Å². The standard InChI is InChI=1S/C10H7NO2/c12-10-7-11-9(13-10)6-8-4-2-1-3-5-8/h1-7H/b9-6-/i7+1. The van der Waals surface area contributed by atoms with Crippen molar-refractivity contribution in [1.82, 2.24) is 0 Å². The third-order valence-corrected chi connectivity index (χ3v) is 1.59. The van der Waals surface area contributed by atoms with Gasteiger partial charge in [0.25, 0.3) is 0 Å². The summed E-state index contributed by atoms with van der Waals surface area (Å²) in [5, 5.41) is 0. The van der Waals surface area contributed by atoms with Crippen LogP contribution in [0.3, 0.4) is 0 Å². The van der Waals surface area contributed by atoms with Gasteiger partial charge in [0.2, 0.25) is 5.88 Å². The molecule has 0 fully saturated rings. The molecule has 13 heavy (non-hydrogen) atoms. The number of aliphatic imine (C=N–C) groups is 1. The molecule has 0 saturated heterocycles. The summed E-state index contributed by atoms with van der Waals surface area (Å²) in [6, 6.07) is 9.56. The van der Waals surface area contributed by atoms with Crippen molar-refractivity contribution >= 4 is 18.3 Å². The molecule has 0 amide bonds. The van der Waals surface area contributed by atoms with Gasteiger partial charge >= 0.3 is 5.97 Å². The van der Waals surface area contributed by atoms with Crippen molar-refractivity contribution in [2.24, 2.45) is 4.99 Å². The van der Waals surface area contributed by atoms with Crippen molar-refractivity contribution in [2.45, 2.75) is 0 Å². The summed E-state index contributed by atoms with van der Waals surface area (Å²) in [6.45, 7) is 0. The predicted octanol–water partition coefficient (Wildman–Crippen LogP) is 1.61. The topological polar surface area (TPSA) is 38.7 Å². The van der Waals surface area contributed by atoms with Crippen LogP contribution in [-0.2, 0) is 9.53 Å². The maximum absolute atomic E-state index is 10.6. The van der Waals surface area contributed by atoms with E-state index >= 15 is 0 Å². The fourth-order valence-electron chi connectivity index (χ4n) is 1.03. The molecular weight excluding hydrogens is 167 g/mol. The molecule has 1 aliphatic rings. The number of hydrogen-bond acceptors (Lipinski definition) is 3. The number of esters is 1. The SMILES string of the molecule is O=C1[13CH]=N/C(=C/c2ccccc2)O1. The van der Waals surface area contributed by atoms with Crippen LogP contribution in [0.5, 0.6) is 0 Å². The summed E-state index contributed by atoms with van der Waals surface area (Å²) >= 11 is 0. The molecular formula is C10H7NO2. The highest BCUT2D eigenvalue weighted by molar-refractivity contribution is 6.25. The Morgan fingerprint density at radius 1 is 1.23 bits per heavy atom. The molecule has 2 rings (SSSR count). The lowest BCUT2D eigenvalue weighted by Gasteiger charge is -1.93. The van der Waals surface area contributed by atoms with Crippen LogP contribution in [0.2, 0.25) is 0 Å². The van der Waals surface area contributed by atoms with Crippen LogP contribution in [0.15, 0.2) is 41.2 Å². The van der Waals surface area contributed by atoms with Gasteiger partial charge in [0.15, 0.2) is 0 Å². The summed E-state index contributed by atoms with van der Waals surface area (Å²) in [7, 11) is 0. The third kappa shape index (κ3) is 1.82. The van der Waals surface area contributed by atoms with Gasteiger partial charge in [0.1, 0.15) is 6.21 Å². The monoisotopic (exact) mass is 174 g/mol. The molecule has 3 heteroatoms. The molecule has 0 N–H and O–H groups in total. The minimum absolute atomic E-state index is 0.344. The molecule has 64 valence electrons. The van der Waals surface area contributed by atoms with Crippen molar-refractivity contribution in [2.75, 3.05) is 0 Å². The Morgan fingerprint density at radius 3 is 2.62 bits per heavy atom. The van der Waals surface area contributed by atoms with Crippen LogP contribution in [-0.4, -0.2) is 12.2 Å². The Morgan fingerprint density at radius 2 is 2.00 bits per heavy atom. The van der Waals surface area contributed by atoms with E-state index in [4.69, 9.17) is 4.74 Å². The number of nitrogens with zero attached hydrogens (tertiary/aromatic N) is 1. The number of hydrogen-bond donors (Lipinski definition) is 0. The molecule has 0 aliphatic carbocycles. The van der Waals surface area contributed by atoms with Crippen LogP contribution in [0.1, 0.15) is 5.56 Å². The first kappa shape index (κ1) is 7.73. The number of rotatable bonds is 1. The van der Waals surface area contributed by atoms with E-state index in [1.165, 1.54) is 0 Å². The van der Waals surface area contributed by atoms with Crippen LogP contribution in [0.25, 0.3) is 6.08 Å². The molecule has 1 heterocycles. The van der Waals surface area contributed by atoms with Gasteiger partial charge in [-0.05, 0) is 5.56 Å². The summed E-state index contributed by atoms with van der Waals surface area (Å²) < 4.78 is 4.77. The molecule has 1 aromatic rings. The van der Waals surface area contributed by atoms with E-state index in [0.29, 0.717) is 5.88 Å². The van der Waals surface area contributed by atoms with Crippen LogP contribution in [0, 0.1) is 0 Å². The summed E-state index contributed by atoms with van der Waals surface area (Å²) in [6.07, 6.45) is 2.87. The molecule has 0 atom stereocenters. The first-order valence-electron chi connectivity index (χ1n) is 3.87. The zero-order chi connectivity index (χ0) is 9.10.